The van der Waals surface area contributed by atoms with E-state index in [2.05, 4.69) is 98.5 Å². The quantitative estimate of drug-likeness (QED) is 0.521. The molecule has 3 aromatic rings. The lowest BCUT2D eigenvalue weighted by molar-refractivity contribution is -0.0441. The summed E-state index contributed by atoms with van der Waals surface area (Å²) in [4.78, 5) is 2.27. The Balaban J connectivity index is 1.70. The number of ether oxygens (including phenoxy) is 2. The van der Waals surface area contributed by atoms with Gasteiger partial charge in [-0.3, -0.25) is 0 Å². The third-order valence-electron chi connectivity index (χ3n) is 5.05. The Morgan fingerprint density at radius 2 is 1.18 bits per heavy atom. The van der Waals surface area contributed by atoms with Gasteiger partial charge in [0.2, 0.25) is 0 Å². The summed E-state index contributed by atoms with van der Waals surface area (Å²) >= 11 is 0. The van der Waals surface area contributed by atoms with Gasteiger partial charge in [-0.1, -0.05) is 63.2 Å². The number of anilines is 3. The molecule has 4 rings (SSSR count). The molecule has 0 atom stereocenters. The first-order valence-electron chi connectivity index (χ1n) is 9.81. The van der Waals surface area contributed by atoms with Gasteiger partial charge < -0.3 is 14.4 Å². The Morgan fingerprint density at radius 3 is 1.71 bits per heavy atom. The van der Waals surface area contributed by atoms with E-state index < -0.39 is 0 Å². The van der Waals surface area contributed by atoms with E-state index >= 15 is 0 Å². The largest absolute Gasteiger partial charge is 0.346 e. The van der Waals surface area contributed by atoms with Crippen molar-refractivity contribution in [2.24, 2.45) is 0 Å². The summed E-state index contributed by atoms with van der Waals surface area (Å²) < 4.78 is 11.2. The van der Waals surface area contributed by atoms with Crippen molar-refractivity contribution >= 4 is 17.1 Å². The molecule has 0 saturated carbocycles. The van der Waals surface area contributed by atoms with Crippen LogP contribution >= 0.6 is 0 Å². The van der Waals surface area contributed by atoms with E-state index in [1.807, 2.05) is 6.07 Å². The van der Waals surface area contributed by atoms with Crippen LogP contribution < -0.4 is 4.90 Å². The van der Waals surface area contributed by atoms with Crippen molar-refractivity contribution in [1.29, 1.82) is 0 Å². The zero-order valence-corrected chi connectivity index (χ0v) is 16.8. The number of rotatable bonds is 4. The highest BCUT2D eigenvalue weighted by atomic mass is 16.7. The maximum atomic E-state index is 5.62. The van der Waals surface area contributed by atoms with E-state index in [-0.39, 0.29) is 11.7 Å². The first-order valence-corrected chi connectivity index (χ1v) is 9.81. The molecule has 3 aromatic carbocycles. The third-order valence-corrected chi connectivity index (χ3v) is 5.05. The van der Waals surface area contributed by atoms with Gasteiger partial charge in [-0.05, 0) is 47.4 Å². The summed E-state index contributed by atoms with van der Waals surface area (Å²) in [7, 11) is 0. The molecule has 0 aromatic heterocycles. The third kappa shape index (κ3) is 3.96. The van der Waals surface area contributed by atoms with Gasteiger partial charge >= 0.3 is 0 Å². The van der Waals surface area contributed by atoms with Gasteiger partial charge in [0.25, 0.3) is 0 Å². The van der Waals surface area contributed by atoms with E-state index in [1.165, 1.54) is 5.56 Å². The van der Waals surface area contributed by atoms with Gasteiger partial charge in [-0.25, -0.2) is 0 Å². The van der Waals surface area contributed by atoms with Crippen molar-refractivity contribution < 1.29 is 9.47 Å². The number of para-hydroxylation sites is 1. The Bertz CT molecular complexity index is 890. The molecule has 1 aliphatic heterocycles. The SMILES string of the molecule is CC(C)(C)c1ccc(N(c2ccccc2)c2ccc(C3OCCO3)cc2)cc1. The average Bonchev–Trinajstić information content (AvgIpc) is 3.24. The molecule has 0 spiro atoms. The summed E-state index contributed by atoms with van der Waals surface area (Å²) in [6.07, 6.45) is -0.245. The molecule has 0 aliphatic carbocycles. The highest BCUT2D eigenvalue weighted by molar-refractivity contribution is 5.76. The van der Waals surface area contributed by atoms with Crippen molar-refractivity contribution in [3.63, 3.8) is 0 Å². The maximum absolute atomic E-state index is 5.62. The predicted octanol–water partition coefficient (Wildman–Crippen LogP) is 6.50. The average molecular weight is 373 g/mol. The first kappa shape index (κ1) is 18.7. The molecule has 3 nitrogen and oxygen atoms in total. The van der Waals surface area contributed by atoms with Gasteiger partial charge in [-0.15, -0.1) is 0 Å². The Kier molecular flexibility index (Phi) is 5.21. The van der Waals surface area contributed by atoms with Crippen molar-refractivity contribution in [2.75, 3.05) is 18.1 Å². The minimum atomic E-state index is -0.245. The molecule has 144 valence electrons. The molecule has 28 heavy (non-hydrogen) atoms. The number of hydrogen-bond acceptors (Lipinski definition) is 3. The van der Waals surface area contributed by atoms with Crippen LogP contribution in [0.4, 0.5) is 17.1 Å². The second-order valence-corrected chi connectivity index (χ2v) is 8.13. The van der Waals surface area contributed by atoms with E-state index in [1.54, 1.807) is 0 Å². The number of nitrogens with zero attached hydrogens (tertiary/aromatic N) is 1. The zero-order valence-electron chi connectivity index (χ0n) is 16.8. The molecule has 0 bridgehead atoms. The molecule has 1 fully saturated rings. The fourth-order valence-electron chi connectivity index (χ4n) is 3.47. The predicted molar refractivity (Wildman–Crippen MR) is 114 cm³/mol. The zero-order chi connectivity index (χ0) is 19.6. The normalized spacial score (nSPS) is 15.0. The van der Waals surface area contributed by atoms with Crippen molar-refractivity contribution in [2.45, 2.75) is 32.5 Å². The summed E-state index contributed by atoms with van der Waals surface area (Å²) in [5, 5.41) is 0. The van der Waals surface area contributed by atoms with E-state index in [4.69, 9.17) is 9.47 Å². The molecule has 0 amide bonds. The fraction of sp³-hybridized carbons (Fsp3) is 0.280. The molecule has 0 unspecified atom stereocenters. The highest BCUT2D eigenvalue weighted by Crippen LogP contribution is 2.36. The minimum absolute atomic E-state index is 0.138. The molecule has 0 N–H and O–H groups in total. The van der Waals surface area contributed by atoms with Crippen molar-refractivity contribution in [3.05, 3.63) is 90.0 Å². The Morgan fingerprint density at radius 1 is 0.679 bits per heavy atom. The van der Waals surface area contributed by atoms with Crippen molar-refractivity contribution in [3.8, 4) is 0 Å². The Labute approximate surface area is 167 Å². The smallest absolute Gasteiger partial charge is 0.184 e. The van der Waals surface area contributed by atoms with Crippen LogP contribution in [-0.2, 0) is 14.9 Å². The summed E-state index contributed by atoms with van der Waals surface area (Å²) in [5.74, 6) is 0. The molecular formula is C25H27NO2. The van der Waals surface area contributed by atoms with Crippen molar-refractivity contribution in [1.82, 2.24) is 0 Å². The summed E-state index contributed by atoms with van der Waals surface area (Å²) in [6, 6.07) is 27.7. The standard InChI is InChI=1S/C25H27NO2/c1-25(2,3)20-11-15-23(16-12-20)26(21-7-5-4-6-8-21)22-13-9-19(10-14-22)24-27-17-18-28-24/h4-16,24H,17-18H2,1-3H3. The number of hydrogen-bond donors (Lipinski definition) is 0. The molecule has 3 heteroatoms. The highest BCUT2D eigenvalue weighted by Gasteiger charge is 2.20. The van der Waals surface area contributed by atoms with Crippen LogP contribution in [0.3, 0.4) is 0 Å². The second kappa shape index (κ2) is 7.78. The molecular weight excluding hydrogens is 346 g/mol. The van der Waals surface area contributed by atoms with Crippen LogP contribution in [-0.4, -0.2) is 13.2 Å². The van der Waals surface area contributed by atoms with Gasteiger partial charge in [0.1, 0.15) is 0 Å². The second-order valence-electron chi connectivity index (χ2n) is 8.13. The van der Waals surface area contributed by atoms with Crippen LogP contribution in [0.5, 0.6) is 0 Å². The van der Waals surface area contributed by atoms with Gasteiger partial charge in [0.15, 0.2) is 6.29 Å². The minimum Gasteiger partial charge on any atom is -0.346 e. The first-order chi connectivity index (χ1) is 13.5. The van der Waals surface area contributed by atoms with Gasteiger partial charge in [-0.2, -0.15) is 0 Å². The van der Waals surface area contributed by atoms with Crippen LogP contribution in [0.25, 0.3) is 0 Å². The van der Waals surface area contributed by atoms with Gasteiger partial charge in [0.05, 0.1) is 13.2 Å². The monoisotopic (exact) mass is 373 g/mol. The summed E-state index contributed by atoms with van der Waals surface area (Å²) in [6.45, 7) is 8.03. The summed E-state index contributed by atoms with van der Waals surface area (Å²) in [5.41, 5.74) is 5.90. The van der Waals surface area contributed by atoms with Crippen LogP contribution in [0.15, 0.2) is 78.9 Å². The molecule has 0 radical (unpaired) electrons. The number of benzene rings is 3. The molecule has 1 heterocycles. The lowest BCUT2D eigenvalue weighted by atomic mass is 9.87. The molecule has 1 saturated heterocycles. The van der Waals surface area contributed by atoms with Crippen LogP contribution in [0.2, 0.25) is 0 Å². The van der Waals surface area contributed by atoms with E-state index in [9.17, 15) is 0 Å². The molecule has 1 aliphatic rings. The van der Waals surface area contributed by atoms with E-state index in [0.29, 0.717) is 13.2 Å². The van der Waals surface area contributed by atoms with E-state index in [0.717, 1.165) is 22.6 Å². The van der Waals surface area contributed by atoms with Gasteiger partial charge in [0, 0.05) is 22.6 Å². The topological polar surface area (TPSA) is 21.7 Å². The lowest BCUT2D eigenvalue weighted by Crippen LogP contribution is -2.13. The maximum Gasteiger partial charge on any atom is 0.184 e. The lowest BCUT2D eigenvalue weighted by Gasteiger charge is -2.27. The fourth-order valence-corrected chi connectivity index (χ4v) is 3.47. The van der Waals surface area contributed by atoms with Crippen LogP contribution in [0, 0.1) is 0 Å². The Hall–Kier alpha value is -2.62. The van der Waals surface area contributed by atoms with Crippen LogP contribution in [0.1, 0.15) is 38.2 Å².